The molecule has 0 spiro atoms. The third-order valence-corrected chi connectivity index (χ3v) is 4.48. The molecule has 2 nitrogen and oxygen atoms in total. The topological polar surface area (TPSA) is 38.0 Å². The molecule has 2 aliphatic rings. The van der Waals surface area contributed by atoms with Crippen molar-refractivity contribution in [1.29, 1.82) is 0 Å². The summed E-state index contributed by atoms with van der Waals surface area (Å²) in [6.07, 6.45) is 11.9. The van der Waals surface area contributed by atoms with Crippen molar-refractivity contribution in [2.24, 2.45) is 5.73 Å². The molecule has 2 saturated carbocycles. The monoisotopic (exact) mass is 210 g/mol. The van der Waals surface area contributed by atoms with Gasteiger partial charge in [0.2, 0.25) is 0 Å². The average molecular weight is 210 g/mol. The van der Waals surface area contributed by atoms with Gasteiger partial charge in [0.1, 0.15) is 0 Å². The van der Waals surface area contributed by atoms with Crippen molar-refractivity contribution in [3.8, 4) is 0 Å². The Morgan fingerprint density at radius 3 is 2.20 bits per heavy atom. The van der Waals surface area contributed by atoms with Crippen molar-refractivity contribution in [3.63, 3.8) is 0 Å². The summed E-state index contributed by atoms with van der Waals surface area (Å²) in [6, 6.07) is 0. The predicted octanol–water partition coefficient (Wildman–Crippen LogP) is 2.57. The lowest BCUT2D eigenvalue weighted by molar-refractivity contribution is 0.202. The van der Waals surface area contributed by atoms with E-state index in [9.17, 15) is 0 Å². The van der Waals surface area contributed by atoms with Crippen molar-refractivity contribution < 1.29 is 0 Å². The maximum absolute atomic E-state index is 6.22. The molecule has 2 rings (SSSR count). The minimum atomic E-state index is 0.192. The quantitative estimate of drug-likeness (QED) is 0.748. The third-order valence-electron chi connectivity index (χ3n) is 4.48. The zero-order valence-electron chi connectivity index (χ0n) is 10.1. The first-order valence-electron chi connectivity index (χ1n) is 6.66. The molecule has 0 amide bonds. The van der Waals surface area contributed by atoms with E-state index >= 15 is 0 Å². The molecule has 3 N–H and O–H groups in total. The summed E-state index contributed by atoms with van der Waals surface area (Å²) in [5, 5.41) is 3.74. The summed E-state index contributed by atoms with van der Waals surface area (Å²) in [6.45, 7) is 3.50. The summed E-state index contributed by atoms with van der Waals surface area (Å²) in [5.74, 6) is 0. The zero-order valence-corrected chi connectivity index (χ0v) is 10.1. The van der Waals surface area contributed by atoms with E-state index < -0.39 is 0 Å². The molecule has 2 fully saturated rings. The lowest BCUT2D eigenvalue weighted by atomic mass is 9.75. The molecule has 0 unspecified atom stereocenters. The number of hydrogen-bond donors (Lipinski definition) is 2. The van der Waals surface area contributed by atoms with E-state index in [1.807, 2.05) is 0 Å². The Morgan fingerprint density at radius 2 is 1.67 bits per heavy atom. The molecule has 0 aromatic heterocycles. The van der Waals surface area contributed by atoms with Gasteiger partial charge >= 0.3 is 0 Å². The second-order valence-corrected chi connectivity index (χ2v) is 6.01. The maximum Gasteiger partial charge on any atom is 0.0166 e. The first-order chi connectivity index (χ1) is 7.12. The van der Waals surface area contributed by atoms with Gasteiger partial charge in [-0.2, -0.15) is 0 Å². The second-order valence-electron chi connectivity index (χ2n) is 6.01. The molecule has 0 atom stereocenters. The van der Waals surface area contributed by atoms with Gasteiger partial charge in [-0.15, -0.1) is 0 Å². The Bertz CT molecular complexity index is 203. The highest BCUT2D eigenvalue weighted by Crippen LogP contribution is 2.32. The van der Waals surface area contributed by atoms with Crippen molar-refractivity contribution in [1.82, 2.24) is 5.32 Å². The van der Waals surface area contributed by atoms with Crippen LogP contribution in [-0.2, 0) is 0 Å². The number of hydrogen-bond acceptors (Lipinski definition) is 2. The van der Waals surface area contributed by atoms with Gasteiger partial charge in [0, 0.05) is 11.1 Å². The fourth-order valence-corrected chi connectivity index (χ4v) is 3.00. The van der Waals surface area contributed by atoms with Crippen molar-refractivity contribution in [3.05, 3.63) is 0 Å². The van der Waals surface area contributed by atoms with Crippen LogP contribution in [0.4, 0.5) is 0 Å². The predicted molar refractivity (Wildman–Crippen MR) is 64.9 cm³/mol. The highest BCUT2D eigenvalue weighted by molar-refractivity contribution is 4.94. The van der Waals surface area contributed by atoms with Crippen LogP contribution in [0.15, 0.2) is 0 Å². The van der Waals surface area contributed by atoms with Gasteiger partial charge < -0.3 is 11.1 Å². The molecular weight excluding hydrogens is 184 g/mol. The molecule has 0 heterocycles. The number of rotatable bonds is 4. The first-order valence-corrected chi connectivity index (χ1v) is 6.66. The zero-order chi connectivity index (χ0) is 10.8. The Hall–Kier alpha value is -0.0800. The largest absolute Gasteiger partial charge is 0.325 e. The molecule has 0 aromatic carbocycles. The van der Waals surface area contributed by atoms with E-state index in [1.165, 1.54) is 57.8 Å². The van der Waals surface area contributed by atoms with Crippen LogP contribution >= 0.6 is 0 Å². The Balaban J connectivity index is 1.67. The molecule has 2 heteroatoms. The maximum atomic E-state index is 6.22. The standard InChI is InChI=1S/C13H26N2/c1-12(6-3-2-4-7-12)15-11-10-13(14)8-5-9-13/h15H,2-11,14H2,1H3. The molecule has 0 saturated heterocycles. The summed E-state index contributed by atoms with van der Waals surface area (Å²) in [7, 11) is 0. The van der Waals surface area contributed by atoms with E-state index in [-0.39, 0.29) is 5.54 Å². The number of nitrogens with two attached hydrogens (primary N) is 1. The Kier molecular flexibility index (Phi) is 3.36. The second kappa shape index (κ2) is 4.42. The fraction of sp³-hybridized carbons (Fsp3) is 1.00. The highest BCUT2D eigenvalue weighted by atomic mass is 15.0. The van der Waals surface area contributed by atoms with Crippen LogP contribution in [0.3, 0.4) is 0 Å². The molecule has 2 aliphatic carbocycles. The lowest BCUT2D eigenvalue weighted by Gasteiger charge is -2.40. The van der Waals surface area contributed by atoms with E-state index in [2.05, 4.69) is 12.2 Å². The van der Waals surface area contributed by atoms with E-state index in [0.29, 0.717) is 5.54 Å². The normalized spacial score (nSPS) is 28.4. The van der Waals surface area contributed by atoms with Gasteiger partial charge in [-0.25, -0.2) is 0 Å². The first kappa shape index (κ1) is 11.4. The van der Waals surface area contributed by atoms with Crippen molar-refractivity contribution in [2.75, 3.05) is 6.54 Å². The summed E-state index contributed by atoms with van der Waals surface area (Å²) in [5.41, 5.74) is 6.83. The van der Waals surface area contributed by atoms with Crippen LogP contribution in [0, 0.1) is 0 Å². The Morgan fingerprint density at radius 1 is 1.00 bits per heavy atom. The van der Waals surface area contributed by atoms with Crippen LogP contribution in [0.2, 0.25) is 0 Å². The minimum absolute atomic E-state index is 0.192. The van der Waals surface area contributed by atoms with Gasteiger partial charge in [0.15, 0.2) is 0 Å². The summed E-state index contributed by atoms with van der Waals surface area (Å²) >= 11 is 0. The van der Waals surface area contributed by atoms with Crippen LogP contribution in [0.25, 0.3) is 0 Å². The Labute approximate surface area is 94.0 Å². The highest BCUT2D eigenvalue weighted by Gasteiger charge is 2.33. The van der Waals surface area contributed by atoms with Crippen molar-refractivity contribution >= 4 is 0 Å². The van der Waals surface area contributed by atoms with E-state index in [0.717, 1.165) is 6.54 Å². The molecule has 15 heavy (non-hydrogen) atoms. The lowest BCUT2D eigenvalue weighted by Crippen LogP contribution is -2.51. The number of nitrogens with one attached hydrogen (secondary N) is 1. The van der Waals surface area contributed by atoms with Gasteiger partial charge in [-0.1, -0.05) is 19.3 Å². The van der Waals surface area contributed by atoms with Crippen LogP contribution in [0.5, 0.6) is 0 Å². The van der Waals surface area contributed by atoms with Gasteiger partial charge in [-0.3, -0.25) is 0 Å². The van der Waals surface area contributed by atoms with Crippen molar-refractivity contribution in [2.45, 2.75) is 75.8 Å². The fourth-order valence-electron chi connectivity index (χ4n) is 3.00. The SMILES string of the molecule is CC1(NCCC2(N)CCC2)CCCCC1. The van der Waals surface area contributed by atoms with Crippen LogP contribution in [0.1, 0.15) is 64.7 Å². The van der Waals surface area contributed by atoms with Crippen LogP contribution < -0.4 is 11.1 Å². The summed E-state index contributed by atoms with van der Waals surface area (Å²) in [4.78, 5) is 0. The average Bonchev–Trinajstić information content (AvgIpc) is 2.16. The molecule has 0 aromatic rings. The van der Waals surface area contributed by atoms with Gasteiger partial charge in [0.05, 0.1) is 0 Å². The molecule has 0 radical (unpaired) electrons. The van der Waals surface area contributed by atoms with Gasteiger partial charge in [-0.05, 0) is 52.0 Å². The third kappa shape index (κ3) is 2.94. The molecule has 88 valence electrons. The summed E-state index contributed by atoms with van der Waals surface area (Å²) < 4.78 is 0. The van der Waals surface area contributed by atoms with E-state index in [1.54, 1.807) is 0 Å². The van der Waals surface area contributed by atoms with Crippen LogP contribution in [-0.4, -0.2) is 17.6 Å². The molecular formula is C13H26N2. The molecule has 0 aliphatic heterocycles. The van der Waals surface area contributed by atoms with Gasteiger partial charge in [0.25, 0.3) is 0 Å². The van der Waals surface area contributed by atoms with E-state index in [4.69, 9.17) is 5.73 Å². The molecule has 0 bridgehead atoms. The minimum Gasteiger partial charge on any atom is -0.325 e. The smallest absolute Gasteiger partial charge is 0.0166 e.